The van der Waals surface area contributed by atoms with E-state index in [9.17, 15) is 13.6 Å². The van der Waals surface area contributed by atoms with E-state index in [0.717, 1.165) is 6.07 Å². The van der Waals surface area contributed by atoms with Gasteiger partial charge in [-0.2, -0.15) is 0 Å². The van der Waals surface area contributed by atoms with Crippen molar-refractivity contribution in [3.8, 4) is 11.5 Å². The molecule has 0 fully saturated rings. The fraction of sp³-hybridized carbons (Fsp3) is 0.462. The van der Waals surface area contributed by atoms with Crippen LogP contribution < -0.4 is 15.2 Å². The van der Waals surface area contributed by atoms with Gasteiger partial charge < -0.3 is 19.9 Å². The van der Waals surface area contributed by atoms with Crippen LogP contribution >= 0.6 is 0 Å². The van der Waals surface area contributed by atoms with Crippen molar-refractivity contribution in [3.05, 3.63) is 23.5 Å². The standard InChI is InChI=1S/C13H17F2NO4/c1-4-20-13(17)11(15)12(16)7-5-9(18-2)10(19-3)6-8(7)14/h5-6,11-12H,4,16H2,1-3H3/t11?,12-/m0/s1. The molecule has 0 aromatic heterocycles. The van der Waals surface area contributed by atoms with Gasteiger partial charge in [-0.25, -0.2) is 13.6 Å². The number of benzene rings is 1. The largest absolute Gasteiger partial charge is 0.493 e. The highest BCUT2D eigenvalue weighted by Gasteiger charge is 2.30. The summed E-state index contributed by atoms with van der Waals surface area (Å²) in [5, 5.41) is 0. The number of methoxy groups -OCH3 is 2. The minimum Gasteiger partial charge on any atom is -0.493 e. The summed E-state index contributed by atoms with van der Waals surface area (Å²) in [7, 11) is 2.69. The topological polar surface area (TPSA) is 70.8 Å². The van der Waals surface area contributed by atoms with Gasteiger partial charge in [-0.05, 0) is 13.0 Å². The summed E-state index contributed by atoms with van der Waals surface area (Å²) in [4.78, 5) is 11.3. The molecule has 0 aliphatic rings. The molecule has 0 saturated carbocycles. The molecule has 0 heterocycles. The Bertz CT molecular complexity index is 482. The van der Waals surface area contributed by atoms with Gasteiger partial charge in [-0.3, -0.25) is 0 Å². The van der Waals surface area contributed by atoms with Crippen molar-refractivity contribution >= 4 is 5.97 Å². The minimum absolute atomic E-state index is 0.0143. The molecule has 2 N–H and O–H groups in total. The molecule has 1 aromatic carbocycles. The van der Waals surface area contributed by atoms with Gasteiger partial charge in [0.15, 0.2) is 11.5 Å². The van der Waals surface area contributed by atoms with E-state index in [1.54, 1.807) is 0 Å². The Balaban J connectivity index is 3.09. The highest BCUT2D eigenvalue weighted by Crippen LogP contribution is 2.33. The summed E-state index contributed by atoms with van der Waals surface area (Å²) in [6.07, 6.45) is -2.16. The van der Waals surface area contributed by atoms with Crippen LogP contribution in [0.3, 0.4) is 0 Å². The van der Waals surface area contributed by atoms with Crippen molar-refractivity contribution in [2.24, 2.45) is 5.73 Å². The summed E-state index contributed by atoms with van der Waals surface area (Å²) in [5.74, 6) is -1.58. The van der Waals surface area contributed by atoms with Gasteiger partial charge in [0.05, 0.1) is 26.9 Å². The maximum absolute atomic E-state index is 13.9. The Labute approximate surface area is 115 Å². The lowest BCUT2D eigenvalue weighted by molar-refractivity contribution is -0.149. The molecule has 2 atom stereocenters. The van der Waals surface area contributed by atoms with Gasteiger partial charge in [0, 0.05) is 11.6 Å². The monoisotopic (exact) mass is 289 g/mol. The Morgan fingerprint density at radius 1 is 1.30 bits per heavy atom. The first-order valence-electron chi connectivity index (χ1n) is 5.93. The molecule has 0 aliphatic carbocycles. The highest BCUT2D eigenvalue weighted by molar-refractivity contribution is 5.75. The second-order valence-electron chi connectivity index (χ2n) is 3.91. The number of hydrogen-bond acceptors (Lipinski definition) is 5. The summed E-state index contributed by atoms with van der Waals surface area (Å²) in [5.41, 5.74) is 5.38. The normalized spacial score (nSPS) is 13.5. The summed E-state index contributed by atoms with van der Waals surface area (Å²) in [6, 6.07) is 0.727. The van der Waals surface area contributed by atoms with Gasteiger partial charge in [0.25, 0.3) is 0 Å². The zero-order valence-corrected chi connectivity index (χ0v) is 11.5. The van der Waals surface area contributed by atoms with Crippen molar-refractivity contribution in [2.45, 2.75) is 19.1 Å². The molecule has 0 radical (unpaired) electrons. The molecule has 0 spiro atoms. The van der Waals surface area contributed by atoms with Crippen LogP contribution in [-0.2, 0) is 9.53 Å². The molecule has 0 bridgehead atoms. The summed E-state index contributed by atoms with van der Waals surface area (Å²) < 4.78 is 42.1. The molecular formula is C13H17F2NO4. The number of rotatable bonds is 6. The molecular weight excluding hydrogens is 272 g/mol. The smallest absolute Gasteiger partial charge is 0.342 e. The number of halogens is 2. The number of carbonyl (C=O) groups is 1. The third-order valence-corrected chi connectivity index (χ3v) is 2.69. The van der Waals surface area contributed by atoms with Gasteiger partial charge in [0.1, 0.15) is 5.82 Å². The van der Waals surface area contributed by atoms with Gasteiger partial charge in [-0.1, -0.05) is 0 Å². The average Bonchev–Trinajstić information content (AvgIpc) is 2.45. The van der Waals surface area contributed by atoms with Crippen molar-refractivity contribution < 1.29 is 27.8 Å². The van der Waals surface area contributed by atoms with Crippen molar-refractivity contribution in [3.63, 3.8) is 0 Å². The van der Waals surface area contributed by atoms with Gasteiger partial charge >= 0.3 is 5.97 Å². The van der Waals surface area contributed by atoms with Crippen LogP contribution in [0.1, 0.15) is 18.5 Å². The minimum atomic E-state index is -2.16. The lowest BCUT2D eigenvalue weighted by Gasteiger charge is -2.18. The second kappa shape index (κ2) is 7.04. The number of alkyl halides is 1. The molecule has 20 heavy (non-hydrogen) atoms. The maximum atomic E-state index is 13.9. The first-order chi connectivity index (χ1) is 9.46. The number of esters is 1. The van der Waals surface area contributed by atoms with Crippen molar-refractivity contribution in [1.29, 1.82) is 0 Å². The van der Waals surface area contributed by atoms with Crippen LogP contribution in [0.2, 0.25) is 0 Å². The Morgan fingerprint density at radius 2 is 1.85 bits per heavy atom. The van der Waals surface area contributed by atoms with Crippen LogP contribution in [0, 0.1) is 5.82 Å². The number of hydrogen-bond donors (Lipinski definition) is 1. The molecule has 0 aliphatic heterocycles. The second-order valence-corrected chi connectivity index (χ2v) is 3.91. The molecule has 1 aromatic rings. The molecule has 1 unspecified atom stereocenters. The molecule has 112 valence electrons. The third-order valence-electron chi connectivity index (χ3n) is 2.69. The first kappa shape index (κ1) is 16.2. The molecule has 0 amide bonds. The SMILES string of the molecule is CCOC(=O)C(F)[C@@H](N)c1cc(OC)c(OC)cc1F. The zero-order valence-electron chi connectivity index (χ0n) is 11.5. The lowest BCUT2D eigenvalue weighted by Crippen LogP contribution is -2.32. The van der Waals surface area contributed by atoms with Crippen LogP contribution in [-0.4, -0.2) is 33.0 Å². The average molecular weight is 289 g/mol. The number of nitrogens with two attached hydrogens (primary N) is 1. The van der Waals surface area contributed by atoms with E-state index in [0.29, 0.717) is 0 Å². The predicted octanol–water partition coefficient (Wildman–Crippen LogP) is 1.74. The number of ether oxygens (including phenoxy) is 3. The maximum Gasteiger partial charge on any atom is 0.342 e. The Morgan fingerprint density at radius 3 is 2.35 bits per heavy atom. The fourth-order valence-corrected chi connectivity index (χ4v) is 1.65. The van der Waals surface area contributed by atoms with E-state index < -0.39 is 24.0 Å². The quantitative estimate of drug-likeness (QED) is 0.808. The molecule has 0 saturated heterocycles. The fourth-order valence-electron chi connectivity index (χ4n) is 1.65. The van der Waals surface area contributed by atoms with Crippen LogP contribution in [0.4, 0.5) is 8.78 Å². The zero-order chi connectivity index (χ0) is 15.3. The van der Waals surface area contributed by atoms with Crippen molar-refractivity contribution in [1.82, 2.24) is 0 Å². The summed E-state index contributed by atoms with van der Waals surface area (Å²) >= 11 is 0. The third kappa shape index (κ3) is 3.36. The van der Waals surface area contributed by atoms with Crippen molar-refractivity contribution in [2.75, 3.05) is 20.8 Å². The van der Waals surface area contributed by atoms with Crippen LogP contribution in [0.15, 0.2) is 12.1 Å². The van der Waals surface area contributed by atoms with Gasteiger partial charge in [-0.15, -0.1) is 0 Å². The Kier molecular flexibility index (Phi) is 5.69. The van der Waals surface area contributed by atoms with Crippen LogP contribution in [0.5, 0.6) is 11.5 Å². The van der Waals surface area contributed by atoms with E-state index in [1.165, 1.54) is 27.2 Å². The summed E-state index contributed by atoms with van der Waals surface area (Å²) in [6.45, 7) is 1.55. The Hall–Kier alpha value is -1.89. The van der Waals surface area contributed by atoms with Gasteiger partial charge in [0.2, 0.25) is 6.17 Å². The van der Waals surface area contributed by atoms with E-state index in [-0.39, 0.29) is 23.7 Å². The van der Waals surface area contributed by atoms with E-state index in [2.05, 4.69) is 4.74 Å². The lowest BCUT2D eigenvalue weighted by atomic mass is 10.0. The molecule has 5 nitrogen and oxygen atoms in total. The van der Waals surface area contributed by atoms with E-state index >= 15 is 0 Å². The van der Waals surface area contributed by atoms with E-state index in [1.807, 2.05) is 0 Å². The molecule has 1 rings (SSSR count). The predicted molar refractivity (Wildman–Crippen MR) is 68.0 cm³/mol. The van der Waals surface area contributed by atoms with E-state index in [4.69, 9.17) is 15.2 Å². The number of carbonyl (C=O) groups excluding carboxylic acids is 1. The first-order valence-corrected chi connectivity index (χ1v) is 5.93. The molecule has 7 heteroatoms. The highest BCUT2D eigenvalue weighted by atomic mass is 19.1. The van der Waals surface area contributed by atoms with Crippen LogP contribution in [0.25, 0.3) is 0 Å².